The Morgan fingerprint density at radius 1 is 1.45 bits per heavy atom. The van der Waals surface area contributed by atoms with Gasteiger partial charge in [0.15, 0.2) is 0 Å². The minimum atomic E-state index is -0.260. The van der Waals surface area contributed by atoms with Gasteiger partial charge < -0.3 is 4.74 Å². The Bertz CT molecular complexity index is 132. The zero-order valence-electron chi connectivity index (χ0n) is 7.94. The third kappa shape index (κ3) is 2.52. The van der Waals surface area contributed by atoms with Gasteiger partial charge in [-0.2, -0.15) is 0 Å². The van der Waals surface area contributed by atoms with Crippen LogP contribution in [0.5, 0.6) is 0 Å². The molecule has 0 aliphatic heterocycles. The number of esters is 1. The second-order valence-electron chi connectivity index (χ2n) is 3.16. The Hall–Kier alpha value is -0.530. The number of hydrogen-bond acceptors (Lipinski definition) is 2. The molecular formula is C9H18O2. The highest BCUT2D eigenvalue weighted by Crippen LogP contribution is 2.28. The first-order valence-corrected chi connectivity index (χ1v) is 4.19. The fraction of sp³-hybridized carbons (Fsp3) is 0.889. The van der Waals surface area contributed by atoms with Gasteiger partial charge in [-0.1, -0.05) is 20.3 Å². The molecule has 0 aromatic carbocycles. The zero-order valence-corrected chi connectivity index (χ0v) is 7.94. The standard InChI is InChI=1S/C9H18O2/c1-5-7-9(3,6-2)8(10)11-4/h5-7H2,1-4H3. The van der Waals surface area contributed by atoms with Crippen LogP contribution in [0.2, 0.25) is 0 Å². The number of methoxy groups -OCH3 is 1. The van der Waals surface area contributed by atoms with Gasteiger partial charge in [0.25, 0.3) is 0 Å². The summed E-state index contributed by atoms with van der Waals surface area (Å²) in [5.41, 5.74) is -0.260. The number of ether oxygens (including phenoxy) is 1. The molecule has 0 aliphatic carbocycles. The van der Waals surface area contributed by atoms with Gasteiger partial charge in [-0.05, 0) is 19.8 Å². The molecule has 11 heavy (non-hydrogen) atoms. The number of hydrogen-bond donors (Lipinski definition) is 0. The fourth-order valence-electron chi connectivity index (χ4n) is 1.22. The van der Waals surface area contributed by atoms with Crippen LogP contribution >= 0.6 is 0 Å². The zero-order chi connectivity index (χ0) is 8.91. The molecule has 0 saturated heterocycles. The van der Waals surface area contributed by atoms with Gasteiger partial charge in [-0.15, -0.1) is 0 Å². The van der Waals surface area contributed by atoms with Crippen LogP contribution in [0.1, 0.15) is 40.0 Å². The molecule has 0 aromatic heterocycles. The van der Waals surface area contributed by atoms with Crippen molar-refractivity contribution in [3.8, 4) is 0 Å². The van der Waals surface area contributed by atoms with Gasteiger partial charge in [-0.25, -0.2) is 0 Å². The molecule has 0 N–H and O–H groups in total. The molecule has 0 aromatic rings. The molecule has 0 fully saturated rings. The summed E-state index contributed by atoms with van der Waals surface area (Å²) in [7, 11) is 1.45. The van der Waals surface area contributed by atoms with Crippen molar-refractivity contribution in [2.45, 2.75) is 40.0 Å². The molecule has 66 valence electrons. The third-order valence-corrected chi connectivity index (χ3v) is 2.26. The van der Waals surface area contributed by atoms with Crippen molar-refractivity contribution < 1.29 is 9.53 Å². The molecule has 0 rings (SSSR count). The Morgan fingerprint density at radius 2 is 2.00 bits per heavy atom. The molecule has 0 amide bonds. The van der Waals surface area contributed by atoms with E-state index in [1.54, 1.807) is 0 Å². The first kappa shape index (κ1) is 10.5. The SMILES string of the molecule is CCCC(C)(CC)C(=O)OC. The van der Waals surface area contributed by atoms with E-state index in [1.807, 2.05) is 13.8 Å². The smallest absolute Gasteiger partial charge is 0.311 e. The molecular weight excluding hydrogens is 140 g/mol. The summed E-state index contributed by atoms with van der Waals surface area (Å²) < 4.78 is 4.72. The minimum Gasteiger partial charge on any atom is -0.469 e. The normalized spacial score (nSPS) is 15.6. The molecule has 0 radical (unpaired) electrons. The molecule has 0 spiro atoms. The van der Waals surface area contributed by atoms with E-state index in [0.29, 0.717) is 0 Å². The highest BCUT2D eigenvalue weighted by Gasteiger charge is 2.30. The number of carbonyl (C=O) groups is 1. The van der Waals surface area contributed by atoms with E-state index in [4.69, 9.17) is 4.74 Å². The van der Waals surface area contributed by atoms with Crippen LogP contribution in [0.3, 0.4) is 0 Å². The molecule has 0 saturated carbocycles. The van der Waals surface area contributed by atoms with Crippen molar-refractivity contribution in [2.24, 2.45) is 5.41 Å². The maximum atomic E-state index is 11.2. The van der Waals surface area contributed by atoms with Crippen molar-refractivity contribution in [3.05, 3.63) is 0 Å². The van der Waals surface area contributed by atoms with Gasteiger partial charge in [0.05, 0.1) is 12.5 Å². The van der Waals surface area contributed by atoms with Crippen LogP contribution in [-0.4, -0.2) is 13.1 Å². The average molecular weight is 158 g/mol. The van der Waals surface area contributed by atoms with Crippen LogP contribution in [0.4, 0.5) is 0 Å². The van der Waals surface area contributed by atoms with Gasteiger partial charge in [0, 0.05) is 0 Å². The maximum Gasteiger partial charge on any atom is 0.311 e. The quantitative estimate of drug-likeness (QED) is 0.587. The van der Waals surface area contributed by atoms with E-state index in [2.05, 4.69) is 6.92 Å². The van der Waals surface area contributed by atoms with Gasteiger partial charge in [-0.3, -0.25) is 4.79 Å². The average Bonchev–Trinajstić information content (AvgIpc) is 2.03. The molecule has 2 nitrogen and oxygen atoms in total. The van der Waals surface area contributed by atoms with Crippen LogP contribution in [0, 0.1) is 5.41 Å². The summed E-state index contributed by atoms with van der Waals surface area (Å²) in [5.74, 6) is -0.0816. The summed E-state index contributed by atoms with van der Waals surface area (Å²) >= 11 is 0. The van der Waals surface area contributed by atoms with Gasteiger partial charge >= 0.3 is 5.97 Å². The first-order chi connectivity index (χ1) is 5.10. The largest absolute Gasteiger partial charge is 0.469 e. The first-order valence-electron chi connectivity index (χ1n) is 4.19. The number of rotatable bonds is 4. The van der Waals surface area contributed by atoms with Crippen LogP contribution in [0.15, 0.2) is 0 Å². The van der Waals surface area contributed by atoms with E-state index >= 15 is 0 Å². The van der Waals surface area contributed by atoms with E-state index in [-0.39, 0.29) is 11.4 Å². The van der Waals surface area contributed by atoms with E-state index < -0.39 is 0 Å². The third-order valence-electron chi connectivity index (χ3n) is 2.26. The molecule has 0 aliphatic rings. The highest BCUT2D eigenvalue weighted by atomic mass is 16.5. The summed E-state index contributed by atoms with van der Waals surface area (Å²) in [4.78, 5) is 11.2. The second kappa shape index (κ2) is 4.37. The topological polar surface area (TPSA) is 26.3 Å². The van der Waals surface area contributed by atoms with Gasteiger partial charge in [0.1, 0.15) is 0 Å². The maximum absolute atomic E-state index is 11.2. The lowest BCUT2D eigenvalue weighted by Gasteiger charge is -2.23. The highest BCUT2D eigenvalue weighted by molar-refractivity contribution is 5.76. The number of carbonyl (C=O) groups excluding carboxylic acids is 1. The van der Waals surface area contributed by atoms with Crippen molar-refractivity contribution in [1.29, 1.82) is 0 Å². The lowest BCUT2D eigenvalue weighted by Crippen LogP contribution is -2.28. The monoisotopic (exact) mass is 158 g/mol. The Morgan fingerprint density at radius 3 is 2.27 bits per heavy atom. The van der Waals surface area contributed by atoms with Crippen molar-refractivity contribution >= 4 is 5.97 Å². The van der Waals surface area contributed by atoms with E-state index in [0.717, 1.165) is 19.3 Å². The summed E-state index contributed by atoms with van der Waals surface area (Å²) in [6.45, 7) is 6.06. The lowest BCUT2D eigenvalue weighted by atomic mass is 9.83. The van der Waals surface area contributed by atoms with Gasteiger partial charge in [0.2, 0.25) is 0 Å². The molecule has 1 unspecified atom stereocenters. The van der Waals surface area contributed by atoms with E-state index in [9.17, 15) is 4.79 Å². The fourth-order valence-corrected chi connectivity index (χ4v) is 1.22. The predicted molar refractivity (Wildman–Crippen MR) is 45.3 cm³/mol. The lowest BCUT2D eigenvalue weighted by molar-refractivity contribution is -0.152. The molecule has 0 bridgehead atoms. The van der Waals surface area contributed by atoms with E-state index in [1.165, 1.54) is 7.11 Å². The second-order valence-corrected chi connectivity index (χ2v) is 3.16. The van der Waals surface area contributed by atoms with Crippen LogP contribution in [0.25, 0.3) is 0 Å². The summed E-state index contributed by atoms with van der Waals surface area (Å²) in [5, 5.41) is 0. The van der Waals surface area contributed by atoms with Crippen molar-refractivity contribution in [2.75, 3.05) is 7.11 Å². The van der Waals surface area contributed by atoms with Crippen molar-refractivity contribution in [3.63, 3.8) is 0 Å². The van der Waals surface area contributed by atoms with Crippen molar-refractivity contribution in [1.82, 2.24) is 0 Å². The Labute approximate surface area is 68.9 Å². The molecule has 0 heterocycles. The predicted octanol–water partition coefficient (Wildman–Crippen LogP) is 2.38. The van der Waals surface area contributed by atoms with Crippen LogP contribution < -0.4 is 0 Å². The Balaban J connectivity index is 4.19. The summed E-state index contributed by atoms with van der Waals surface area (Å²) in [6, 6.07) is 0. The Kier molecular flexibility index (Phi) is 4.16. The van der Waals surface area contributed by atoms with Crippen LogP contribution in [-0.2, 0) is 9.53 Å². The molecule has 2 heteroatoms. The molecule has 1 atom stereocenters. The minimum absolute atomic E-state index is 0.0816. The summed E-state index contributed by atoms with van der Waals surface area (Å²) in [6.07, 6.45) is 2.79.